The Balaban J connectivity index is 1.90. The number of aliphatic imine (C=N–C) groups is 1. The normalized spacial score (nSPS) is 24.4. The van der Waals surface area contributed by atoms with Gasteiger partial charge in [-0.1, -0.05) is 17.7 Å². The van der Waals surface area contributed by atoms with Crippen LogP contribution in [-0.4, -0.2) is 64.8 Å². The summed E-state index contributed by atoms with van der Waals surface area (Å²) in [6.07, 6.45) is 6.29. The molecule has 0 aliphatic carbocycles. The molecule has 2 aromatic rings. The number of amides is 1. The van der Waals surface area contributed by atoms with Crippen LogP contribution in [-0.2, 0) is 4.79 Å². The van der Waals surface area contributed by atoms with Crippen molar-refractivity contribution in [2.75, 3.05) is 20.7 Å². The second-order valence-corrected chi connectivity index (χ2v) is 10.6. The zero-order valence-corrected chi connectivity index (χ0v) is 23.6. The van der Waals surface area contributed by atoms with Crippen LogP contribution in [0.4, 0.5) is 0 Å². The van der Waals surface area contributed by atoms with Gasteiger partial charge >= 0.3 is 0 Å². The summed E-state index contributed by atoms with van der Waals surface area (Å²) in [5, 5.41) is 13.3. The minimum Gasteiger partial charge on any atom is -0.493 e. The average Bonchev–Trinajstić information content (AvgIpc) is 2.88. The molecular weight excluding hydrogens is 518 g/mol. The lowest BCUT2D eigenvalue weighted by Gasteiger charge is -2.54. The van der Waals surface area contributed by atoms with Gasteiger partial charge in [0.15, 0.2) is 5.78 Å². The zero-order chi connectivity index (χ0) is 28.7. The first-order valence-electron chi connectivity index (χ1n) is 12.6. The van der Waals surface area contributed by atoms with Crippen molar-refractivity contribution in [1.82, 2.24) is 20.1 Å². The van der Waals surface area contributed by atoms with Gasteiger partial charge in [0.25, 0.3) is 5.91 Å². The van der Waals surface area contributed by atoms with Crippen LogP contribution in [0, 0.1) is 17.2 Å². The monoisotopic (exact) mass is 549 g/mol. The van der Waals surface area contributed by atoms with Gasteiger partial charge in [0.1, 0.15) is 29.1 Å². The third-order valence-electron chi connectivity index (χ3n) is 7.26. The van der Waals surface area contributed by atoms with Crippen LogP contribution in [0.25, 0.3) is 11.1 Å². The van der Waals surface area contributed by atoms with Crippen LogP contribution >= 0.6 is 11.6 Å². The van der Waals surface area contributed by atoms with E-state index in [2.05, 4.69) is 21.4 Å². The fraction of sp³-hybridized carbons (Fsp3) is 0.393. The van der Waals surface area contributed by atoms with Crippen LogP contribution in [0.5, 0.6) is 5.75 Å². The fourth-order valence-electron chi connectivity index (χ4n) is 5.42. The van der Waals surface area contributed by atoms with Gasteiger partial charge in [-0.3, -0.25) is 14.6 Å². The molecule has 1 aromatic carbocycles. The first-order valence-corrected chi connectivity index (χ1v) is 12.9. The number of nitrogens with two attached hydrogens (primary N) is 1. The Labute approximate surface area is 233 Å². The van der Waals surface area contributed by atoms with E-state index >= 15 is 0 Å². The second-order valence-electron chi connectivity index (χ2n) is 10.2. The van der Waals surface area contributed by atoms with Gasteiger partial charge in [-0.2, -0.15) is 5.26 Å². The number of carbonyl (C=O) groups excluding carboxylic acids is 2. The molecule has 1 aromatic heterocycles. The van der Waals surface area contributed by atoms with Crippen molar-refractivity contribution < 1.29 is 14.3 Å². The maximum atomic E-state index is 13.0. The Morgan fingerprint density at radius 2 is 2.10 bits per heavy atom. The van der Waals surface area contributed by atoms with Gasteiger partial charge in [0.05, 0.1) is 35.2 Å². The van der Waals surface area contributed by atoms with Gasteiger partial charge in [-0.05, 0) is 45.9 Å². The number of benzene rings is 1. The van der Waals surface area contributed by atoms with Crippen molar-refractivity contribution in [2.24, 2.45) is 16.6 Å². The third kappa shape index (κ3) is 4.73. The number of nitrogens with zero attached hydrogens (tertiary/aromatic N) is 5. The fourth-order valence-corrected chi connectivity index (χ4v) is 5.68. The summed E-state index contributed by atoms with van der Waals surface area (Å²) in [5.41, 5.74) is 6.71. The van der Waals surface area contributed by atoms with Crippen LogP contribution in [0.3, 0.4) is 0 Å². The predicted octanol–water partition coefficient (Wildman–Crippen LogP) is 3.47. The number of carbonyl (C=O) groups is 2. The molecule has 2 aliphatic rings. The number of rotatable bonds is 6. The van der Waals surface area contributed by atoms with Gasteiger partial charge in [-0.25, -0.2) is 4.99 Å². The Morgan fingerprint density at radius 3 is 2.69 bits per heavy atom. The van der Waals surface area contributed by atoms with Crippen molar-refractivity contribution in [3.8, 4) is 22.9 Å². The molecule has 3 N–H and O–H groups in total. The molecule has 0 saturated heterocycles. The van der Waals surface area contributed by atoms with Crippen LogP contribution in [0.1, 0.15) is 55.4 Å². The van der Waals surface area contributed by atoms with Gasteiger partial charge < -0.3 is 25.6 Å². The summed E-state index contributed by atoms with van der Waals surface area (Å²) in [4.78, 5) is 37.8. The maximum absolute atomic E-state index is 13.0. The highest BCUT2D eigenvalue weighted by atomic mass is 35.5. The second kappa shape index (κ2) is 10.3. The summed E-state index contributed by atoms with van der Waals surface area (Å²) < 4.78 is 6.17. The Bertz CT molecular complexity index is 1410. The van der Waals surface area contributed by atoms with E-state index in [1.165, 1.54) is 23.5 Å². The Morgan fingerprint density at radius 1 is 1.38 bits per heavy atom. The van der Waals surface area contributed by atoms with E-state index in [0.717, 1.165) is 0 Å². The lowest BCUT2D eigenvalue weighted by molar-refractivity contribution is -0.129. The largest absolute Gasteiger partial charge is 0.493 e. The van der Waals surface area contributed by atoms with Gasteiger partial charge in [-0.15, -0.1) is 0 Å². The van der Waals surface area contributed by atoms with Crippen LogP contribution in [0.2, 0.25) is 5.02 Å². The smallest absolute Gasteiger partial charge is 0.271 e. The number of allylic oxidation sites excluding steroid dienone is 1. The zero-order valence-electron chi connectivity index (χ0n) is 22.8. The SMILES string of the molecule is CCOc1c(C(C)N2C=CC(=O)C3C(C)(N)NC=NC32C)cc(Cl)c(C#N)c1-c1ccc(C(=O)N(C)C)nc1. The first kappa shape index (κ1) is 28.1. The van der Waals surface area contributed by atoms with E-state index < -0.39 is 23.3 Å². The van der Waals surface area contributed by atoms with Crippen molar-refractivity contribution in [3.05, 3.63) is 58.5 Å². The molecule has 204 valence electrons. The van der Waals surface area contributed by atoms with Crippen molar-refractivity contribution in [1.29, 1.82) is 5.26 Å². The number of nitriles is 1. The minimum absolute atomic E-state index is 0.127. The standard InChI is InChI=1S/C28H32ClN7O3/c1-7-39-24-18(16(2)36-11-10-22(37)25-27(3,31)33-15-34-28(25,36)4)12-20(29)19(13-30)23(24)17-8-9-21(32-14-17)26(38)35(5)6/h8-12,14-16,25H,7,31H2,1-6H3,(H,33,34). The average molecular weight is 550 g/mol. The molecule has 0 spiro atoms. The highest BCUT2D eigenvalue weighted by molar-refractivity contribution is 6.32. The van der Waals surface area contributed by atoms with E-state index in [-0.39, 0.29) is 28.0 Å². The van der Waals surface area contributed by atoms with E-state index in [1.54, 1.807) is 45.4 Å². The minimum atomic E-state index is -1.02. The van der Waals surface area contributed by atoms with Crippen LogP contribution < -0.4 is 15.8 Å². The molecule has 39 heavy (non-hydrogen) atoms. The predicted molar refractivity (Wildman–Crippen MR) is 149 cm³/mol. The van der Waals surface area contributed by atoms with Gasteiger partial charge in [0, 0.05) is 43.2 Å². The van der Waals surface area contributed by atoms with Crippen LogP contribution in [0.15, 0.2) is 41.7 Å². The molecule has 0 fully saturated rings. The number of ketones is 1. The lowest BCUT2D eigenvalue weighted by Crippen LogP contribution is -2.71. The summed E-state index contributed by atoms with van der Waals surface area (Å²) in [6, 6.07) is 6.84. The Kier molecular flexibility index (Phi) is 7.43. The maximum Gasteiger partial charge on any atom is 0.271 e. The molecule has 0 bridgehead atoms. The summed E-state index contributed by atoms with van der Waals surface area (Å²) in [6.45, 7) is 7.76. The molecule has 10 nitrogen and oxygen atoms in total. The number of halogens is 1. The van der Waals surface area contributed by atoms with Crippen molar-refractivity contribution >= 4 is 29.6 Å². The van der Waals surface area contributed by atoms with E-state index in [1.807, 2.05) is 25.7 Å². The molecule has 2 aliphatic heterocycles. The molecule has 0 saturated carbocycles. The molecule has 1 amide bonds. The van der Waals surface area contributed by atoms with E-state index in [4.69, 9.17) is 22.1 Å². The molecule has 0 radical (unpaired) electrons. The molecule has 11 heteroatoms. The Hall–Kier alpha value is -3.94. The number of hydrogen-bond acceptors (Lipinski definition) is 9. The number of nitrogens with one attached hydrogen (secondary N) is 1. The quantitative estimate of drug-likeness (QED) is 0.559. The van der Waals surface area contributed by atoms with E-state index in [9.17, 15) is 14.9 Å². The van der Waals surface area contributed by atoms with Gasteiger partial charge in [0.2, 0.25) is 0 Å². The number of hydrogen-bond donors (Lipinski definition) is 2. The van der Waals surface area contributed by atoms with Crippen molar-refractivity contribution in [3.63, 3.8) is 0 Å². The molecule has 4 atom stereocenters. The third-order valence-corrected chi connectivity index (χ3v) is 7.56. The molecule has 4 unspecified atom stereocenters. The number of pyridine rings is 1. The summed E-state index contributed by atoms with van der Waals surface area (Å²) in [7, 11) is 3.30. The first-order chi connectivity index (χ1) is 18.4. The van der Waals surface area contributed by atoms with E-state index in [0.29, 0.717) is 29.0 Å². The number of fused-ring (bicyclic) bond motifs is 1. The molecule has 3 heterocycles. The highest BCUT2D eigenvalue weighted by Crippen LogP contribution is 2.48. The van der Waals surface area contributed by atoms with Crippen molar-refractivity contribution in [2.45, 2.75) is 45.1 Å². The number of ether oxygens (including phenoxy) is 1. The summed E-state index contributed by atoms with van der Waals surface area (Å²) >= 11 is 6.69. The lowest BCUT2D eigenvalue weighted by atomic mass is 9.75. The molecule has 4 rings (SSSR count). The number of aromatic nitrogens is 1. The topological polar surface area (TPSA) is 137 Å². The molecular formula is C28H32ClN7O3. The highest BCUT2D eigenvalue weighted by Gasteiger charge is 2.55. The summed E-state index contributed by atoms with van der Waals surface area (Å²) in [5.74, 6) is -0.580.